The molecular formula is C25H34ClN2Rh. The van der Waals surface area contributed by atoms with Gasteiger partial charge in [0.2, 0.25) is 0 Å². The first-order valence-electron chi connectivity index (χ1n) is 10.7. The summed E-state index contributed by atoms with van der Waals surface area (Å²) in [7, 11) is 0. The van der Waals surface area contributed by atoms with Gasteiger partial charge in [0.25, 0.3) is 0 Å². The topological polar surface area (TPSA) is 9.86 Å². The van der Waals surface area contributed by atoms with Crippen LogP contribution in [0.4, 0.5) is 0 Å². The van der Waals surface area contributed by atoms with E-state index >= 15 is 0 Å². The van der Waals surface area contributed by atoms with Crippen molar-refractivity contribution in [3.63, 3.8) is 0 Å². The number of hydrogen-bond donors (Lipinski definition) is 0. The number of halogens is 1. The Morgan fingerprint density at radius 3 is 1.93 bits per heavy atom. The molecule has 0 amide bonds. The van der Waals surface area contributed by atoms with E-state index < -0.39 is 0 Å². The SMILES string of the molecule is C1=C\CCCC\C=C/1.Cc1cc(C)c(-n2ccn(C3CCCC3)[c]2=[Rh+])c(C)c1.[Cl-]. The second kappa shape index (κ2) is 11.9. The number of rotatable bonds is 2. The quantitative estimate of drug-likeness (QED) is 0.550. The average molecular weight is 501 g/mol. The largest absolute Gasteiger partial charge is 1.00 e. The molecule has 0 radical (unpaired) electrons. The summed E-state index contributed by atoms with van der Waals surface area (Å²) in [6.45, 7) is 6.57. The van der Waals surface area contributed by atoms with Gasteiger partial charge in [-0.15, -0.1) is 0 Å². The molecular weight excluding hydrogens is 467 g/mol. The third kappa shape index (κ3) is 6.40. The zero-order chi connectivity index (χ0) is 19.9. The Morgan fingerprint density at radius 1 is 0.828 bits per heavy atom. The molecule has 1 aromatic heterocycles. The van der Waals surface area contributed by atoms with Gasteiger partial charge in [0.05, 0.1) is 0 Å². The Hall–Kier alpha value is -1.18. The molecule has 2 aromatic rings. The van der Waals surface area contributed by atoms with Gasteiger partial charge < -0.3 is 12.4 Å². The molecule has 1 heterocycles. The van der Waals surface area contributed by atoms with Crippen molar-refractivity contribution in [3.05, 3.63) is 69.5 Å². The first-order valence-corrected chi connectivity index (χ1v) is 11.6. The summed E-state index contributed by atoms with van der Waals surface area (Å²) < 4.78 is 5.99. The predicted octanol–water partition coefficient (Wildman–Crippen LogP) is 4.07. The van der Waals surface area contributed by atoms with Crippen LogP contribution in [0.1, 0.15) is 74.1 Å². The van der Waals surface area contributed by atoms with Crippen LogP contribution in [0.5, 0.6) is 0 Å². The number of allylic oxidation sites excluding steroid dienone is 4. The summed E-state index contributed by atoms with van der Waals surface area (Å²) in [5.41, 5.74) is 5.35. The number of aromatic nitrogens is 2. The van der Waals surface area contributed by atoms with E-state index in [0.717, 1.165) is 0 Å². The molecule has 2 aliphatic rings. The molecule has 0 spiro atoms. The van der Waals surface area contributed by atoms with Gasteiger partial charge in [-0.05, 0) is 25.7 Å². The van der Waals surface area contributed by atoms with E-state index in [4.69, 9.17) is 0 Å². The molecule has 1 aromatic carbocycles. The fourth-order valence-corrected chi connectivity index (χ4v) is 5.14. The van der Waals surface area contributed by atoms with Gasteiger partial charge in [0.1, 0.15) is 0 Å². The summed E-state index contributed by atoms with van der Waals surface area (Å²) in [6.07, 6.45) is 23.8. The van der Waals surface area contributed by atoms with Crippen molar-refractivity contribution < 1.29 is 30.3 Å². The molecule has 1 saturated carbocycles. The molecule has 2 aliphatic carbocycles. The summed E-state index contributed by atoms with van der Waals surface area (Å²) >= 11 is 3.16. The number of hydrogen-bond acceptors (Lipinski definition) is 0. The second-order valence-corrected chi connectivity index (χ2v) is 8.88. The fraction of sp³-hybridized carbons (Fsp3) is 0.480. The molecule has 0 saturated heterocycles. The summed E-state index contributed by atoms with van der Waals surface area (Å²) in [6, 6.07) is 5.22. The predicted molar refractivity (Wildman–Crippen MR) is 115 cm³/mol. The number of aryl methyl sites for hydroxylation is 3. The van der Waals surface area contributed by atoms with Crippen LogP contribution in [-0.2, 0) is 17.9 Å². The molecule has 0 bridgehead atoms. The van der Waals surface area contributed by atoms with Crippen LogP contribution in [-0.4, -0.2) is 9.13 Å². The molecule has 0 atom stereocenters. The van der Waals surface area contributed by atoms with Crippen molar-refractivity contribution in [2.24, 2.45) is 0 Å². The van der Waals surface area contributed by atoms with Crippen LogP contribution >= 0.6 is 0 Å². The second-order valence-electron chi connectivity index (χ2n) is 8.15. The zero-order valence-electron chi connectivity index (χ0n) is 18.0. The van der Waals surface area contributed by atoms with Gasteiger partial charge in [-0.25, -0.2) is 0 Å². The average Bonchev–Trinajstić information content (AvgIpc) is 3.24. The van der Waals surface area contributed by atoms with Crippen LogP contribution < -0.4 is 12.4 Å². The van der Waals surface area contributed by atoms with E-state index in [1.807, 2.05) is 0 Å². The van der Waals surface area contributed by atoms with Crippen molar-refractivity contribution in [2.75, 3.05) is 0 Å². The van der Waals surface area contributed by atoms with Crippen LogP contribution in [0.15, 0.2) is 48.8 Å². The Bertz CT molecular complexity index is 861. The molecule has 2 nitrogen and oxygen atoms in total. The summed E-state index contributed by atoms with van der Waals surface area (Å²) in [5, 5.41) is 0. The maximum absolute atomic E-state index is 3.16. The Morgan fingerprint density at radius 2 is 1.38 bits per heavy atom. The molecule has 0 aliphatic heterocycles. The molecule has 0 unspecified atom stereocenters. The third-order valence-electron chi connectivity index (χ3n) is 5.74. The van der Waals surface area contributed by atoms with E-state index in [-0.39, 0.29) is 12.4 Å². The van der Waals surface area contributed by atoms with Gasteiger partial charge in [0.15, 0.2) is 0 Å². The van der Waals surface area contributed by atoms with Crippen LogP contribution in [0.3, 0.4) is 0 Å². The van der Waals surface area contributed by atoms with Crippen molar-refractivity contribution >= 4 is 0 Å². The van der Waals surface area contributed by atoms with E-state index in [9.17, 15) is 0 Å². The first kappa shape index (κ1) is 24.1. The van der Waals surface area contributed by atoms with E-state index in [2.05, 4.69) is 96.6 Å². The molecule has 0 N–H and O–H groups in total. The maximum atomic E-state index is 3.16. The van der Waals surface area contributed by atoms with E-state index in [1.54, 1.807) is 0 Å². The monoisotopic (exact) mass is 500 g/mol. The van der Waals surface area contributed by atoms with Gasteiger partial charge in [0, 0.05) is 0 Å². The van der Waals surface area contributed by atoms with Crippen LogP contribution in [0.25, 0.3) is 5.69 Å². The van der Waals surface area contributed by atoms with Gasteiger partial charge in [-0.2, -0.15) is 0 Å². The van der Waals surface area contributed by atoms with Crippen LogP contribution in [0, 0.1) is 24.8 Å². The first-order chi connectivity index (χ1) is 13.6. The van der Waals surface area contributed by atoms with Crippen molar-refractivity contribution in [3.8, 4) is 5.69 Å². The third-order valence-corrected chi connectivity index (χ3v) is 6.55. The molecule has 1 fully saturated rings. The Labute approximate surface area is 192 Å². The van der Waals surface area contributed by atoms with Gasteiger partial charge in [-0.3, -0.25) is 0 Å². The smallest absolute Gasteiger partial charge is 1.00 e. The van der Waals surface area contributed by atoms with Crippen LogP contribution in [0.2, 0.25) is 0 Å². The van der Waals surface area contributed by atoms with E-state index in [0.29, 0.717) is 6.04 Å². The summed E-state index contributed by atoms with van der Waals surface area (Å²) in [4.78, 5) is 0. The minimum absolute atomic E-state index is 0. The number of imidazole rings is 1. The van der Waals surface area contributed by atoms with Gasteiger partial charge >= 0.3 is 130 Å². The summed E-state index contributed by atoms with van der Waals surface area (Å²) in [5.74, 6) is 0. The zero-order valence-corrected chi connectivity index (χ0v) is 20.4. The Kier molecular flexibility index (Phi) is 9.86. The molecule has 4 rings (SSSR count). The molecule has 4 heteroatoms. The van der Waals surface area contributed by atoms with Crippen molar-refractivity contribution in [1.82, 2.24) is 9.13 Å². The normalized spacial score (nSPS) is 18.8. The van der Waals surface area contributed by atoms with Gasteiger partial charge in [-0.1, -0.05) is 24.3 Å². The van der Waals surface area contributed by atoms with Crippen molar-refractivity contribution in [1.29, 1.82) is 0 Å². The maximum Gasteiger partial charge on any atom is -1.00 e. The fourth-order valence-electron chi connectivity index (χ4n) is 4.41. The van der Waals surface area contributed by atoms with E-state index in [1.165, 1.54) is 77.8 Å². The standard InChI is InChI=1S/C17H22N2.C8H12.ClH.Rh/c1-13-10-14(2)17(15(3)11-13)19-9-8-18(12-19)16-6-4-5-7-16;1-2-4-6-8-7-5-3-1;;/h8-11,16H,4-7H2,1-3H3;1-4H,5-8H2;1H;/q;;;+1/p-1/b;3-1-,4-2-;;. The number of nitrogens with zero attached hydrogens (tertiary/aromatic N) is 2. The molecule has 160 valence electrons. The Balaban J connectivity index is 0.000000283. The minimum atomic E-state index is 0. The minimum Gasteiger partial charge on any atom is -1.00 e. The van der Waals surface area contributed by atoms with Crippen molar-refractivity contribution in [2.45, 2.75) is 78.2 Å². The molecule has 29 heavy (non-hydrogen) atoms. The number of benzene rings is 1.